The van der Waals surface area contributed by atoms with Crippen LogP contribution in [0.4, 0.5) is 0 Å². The third kappa shape index (κ3) is 4.92. The summed E-state index contributed by atoms with van der Waals surface area (Å²) in [7, 11) is -3.31. The SMILES string of the molecule is CS(=O)(=O)OCCc1cccc(I)c1. The van der Waals surface area contributed by atoms with Gasteiger partial charge in [0.1, 0.15) is 0 Å². The quantitative estimate of drug-likeness (QED) is 0.626. The van der Waals surface area contributed by atoms with E-state index in [1.165, 1.54) is 0 Å². The van der Waals surface area contributed by atoms with Gasteiger partial charge in [0.2, 0.25) is 0 Å². The van der Waals surface area contributed by atoms with E-state index in [1.807, 2.05) is 24.3 Å². The number of halogens is 1. The molecule has 14 heavy (non-hydrogen) atoms. The summed E-state index contributed by atoms with van der Waals surface area (Å²) in [5, 5.41) is 0. The zero-order valence-electron chi connectivity index (χ0n) is 7.73. The minimum atomic E-state index is -3.31. The molecule has 0 amide bonds. The highest BCUT2D eigenvalue weighted by molar-refractivity contribution is 14.1. The van der Waals surface area contributed by atoms with E-state index in [9.17, 15) is 8.42 Å². The predicted molar refractivity (Wildman–Crippen MR) is 63.7 cm³/mol. The average molecular weight is 326 g/mol. The molecule has 0 unspecified atom stereocenters. The zero-order valence-corrected chi connectivity index (χ0v) is 10.7. The summed E-state index contributed by atoms with van der Waals surface area (Å²) < 4.78 is 27.1. The molecule has 0 saturated carbocycles. The van der Waals surface area contributed by atoms with E-state index in [4.69, 9.17) is 0 Å². The molecule has 0 heterocycles. The van der Waals surface area contributed by atoms with Gasteiger partial charge < -0.3 is 0 Å². The van der Waals surface area contributed by atoms with Crippen LogP contribution in [0.15, 0.2) is 24.3 Å². The fourth-order valence-electron chi connectivity index (χ4n) is 1.00. The molecular formula is C9H11IO3S. The molecule has 0 aliphatic rings. The minimum absolute atomic E-state index is 0.207. The maximum Gasteiger partial charge on any atom is 0.264 e. The summed E-state index contributed by atoms with van der Waals surface area (Å²) in [5.41, 5.74) is 1.08. The molecule has 0 saturated heterocycles. The highest BCUT2D eigenvalue weighted by atomic mass is 127. The van der Waals surface area contributed by atoms with Gasteiger partial charge in [0.15, 0.2) is 0 Å². The molecule has 0 radical (unpaired) electrons. The lowest BCUT2D eigenvalue weighted by molar-refractivity contribution is 0.326. The molecule has 0 aliphatic heterocycles. The van der Waals surface area contributed by atoms with Gasteiger partial charge >= 0.3 is 0 Å². The van der Waals surface area contributed by atoms with Crippen molar-refractivity contribution in [3.8, 4) is 0 Å². The van der Waals surface area contributed by atoms with Crippen molar-refractivity contribution in [1.29, 1.82) is 0 Å². The van der Waals surface area contributed by atoms with E-state index in [0.717, 1.165) is 15.4 Å². The first-order chi connectivity index (χ1) is 6.47. The van der Waals surface area contributed by atoms with Crippen LogP contribution in [-0.2, 0) is 20.7 Å². The van der Waals surface area contributed by atoms with Gasteiger partial charge in [-0.1, -0.05) is 12.1 Å². The Labute approximate surface area is 97.7 Å². The monoisotopic (exact) mass is 326 g/mol. The van der Waals surface area contributed by atoms with Crippen LogP contribution in [0.25, 0.3) is 0 Å². The molecule has 0 aliphatic carbocycles. The minimum Gasteiger partial charge on any atom is -0.270 e. The smallest absolute Gasteiger partial charge is 0.264 e. The highest BCUT2D eigenvalue weighted by Gasteiger charge is 2.01. The van der Waals surface area contributed by atoms with Gasteiger partial charge in [0, 0.05) is 3.57 Å². The molecule has 0 N–H and O–H groups in total. The Kier molecular flexibility index (Phi) is 4.33. The van der Waals surface area contributed by atoms with Crippen molar-refractivity contribution in [2.24, 2.45) is 0 Å². The van der Waals surface area contributed by atoms with E-state index in [0.29, 0.717) is 6.42 Å². The topological polar surface area (TPSA) is 43.4 Å². The molecule has 0 aromatic heterocycles. The summed E-state index contributed by atoms with van der Waals surface area (Å²) >= 11 is 2.21. The van der Waals surface area contributed by atoms with Crippen molar-refractivity contribution >= 4 is 32.7 Å². The second-order valence-corrected chi connectivity index (χ2v) is 5.80. The zero-order chi connectivity index (χ0) is 10.6. The lowest BCUT2D eigenvalue weighted by Crippen LogP contribution is -2.06. The summed E-state index contributed by atoms with van der Waals surface area (Å²) in [4.78, 5) is 0. The Morgan fingerprint density at radius 1 is 1.43 bits per heavy atom. The molecule has 5 heteroatoms. The first-order valence-corrected chi connectivity index (χ1v) is 6.96. The van der Waals surface area contributed by atoms with Gasteiger partial charge in [0.05, 0.1) is 12.9 Å². The third-order valence-corrected chi connectivity index (χ3v) is 2.84. The van der Waals surface area contributed by atoms with E-state index in [1.54, 1.807) is 0 Å². The Balaban J connectivity index is 2.47. The first-order valence-electron chi connectivity index (χ1n) is 4.06. The Bertz CT molecular complexity index is 400. The summed E-state index contributed by atoms with van der Waals surface area (Å²) in [6.45, 7) is 0.207. The second kappa shape index (κ2) is 5.09. The van der Waals surface area contributed by atoms with E-state index in [-0.39, 0.29) is 6.61 Å². The Morgan fingerprint density at radius 3 is 2.71 bits per heavy atom. The van der Waals surface area contributed by atoms with Crippen LogP contribution in [0.1, 0.15) is 5.56 Å². The predicted octanol–water partition coefficient (Wildman–Crippen LogP) is 1.81. The molecule has 3 nitrogen and oxygen atoms in total. The maximum absolute atomic E-state index is 10.7. The van der Waals surface area contributed by atoms with Crippen LogP contribution < -0.4 is 0 Å². The van der Waals surface area contributed by atoms with E-state index >= 15 is 0 Å². The maximum atomic E-state index is 10.7. The van der Waals surface area contributed by atoms with Gasteiger partial charge in [-0.3, -0.25) is 4.18 Å². The fourth-order valence-corrected chi connectivity index (χ4v) is 2.00. The lowest BCUT2D eigenvalue weighted by Gasteiger charge is -2.02. The molecule has 0 fully saturated rings. The Hall–Kier alpha value is -0.140. The van der Waals surface area contributed by atoms with Crippen LogP contribution in [0.2, 0.25) is 0 Å². The molecule has 0 atom stereocenters. The summed E-state index contributed by atoms with van der Waals surface area (Å²) in [6.07, 6.45) is 1.67. The van der Waals surface area contributed by atoms with Gasteiger partial charge in [-0.2, -0.15) is 8.42 Å². The number of hydrogen-bond acceptors (Lipinski definition) is 3. The van der Waals surface area contributed by atoms with Crippen molar-refractivity contribution in [2.45, 2.75) is 6.42 Å². The van der Waals surface area contributed by atoms with Gasteiger partial charge in [-0.15, -0.1) is 0 Å². The van der Waals surface area contributed by atoms with Crippen LogP contribution in [0, 0.1) is 3.57 Å². The normalized spacial score (nSPS) is 11.6. The van der Waals surface area contributed by atoms with Crippen LogP contribution in [0.3, 0.4) is 0 Å². The van der Waals surface area contributed by atoms with Crippen molar-refractivity contribution < 1.29 is 12.6 Å². The molecular weight excluding hydrogens is 315 g/mol. The van der Waals surface area contributed by atoms with E-state index in [2.05, 4.69) is 26.8 Å². The van der Waals surface area contributed by atoms with Gasteiger partial charge in [-0.25, -0.2) is 0 Å². The molecule has 78 valence electrons. The molecule has 1 aromatic carbocycles. The molecule has 0 spiro atoms. The Morgan fingerprint density at radius 2 is 2.14 bits per heavy atom. The summed E-state index contributed by atoms with van der Waals surface area (Å²) in [5.74, 6) is 0. The fraction of sp³-hybridized carbons (Fsp3) is 0.333. The van der Waals surface area contributed by atoms with Crippen LogP contribution in [-0.4, -0.2) is 21.3 Å². The first kappa shape index (κ1) is 11.9. The molecule has 1 aromatic rings. The second-order valence-electron chi connectivity index (χ2n) is 2.91. The van der Waals surface area contributed by atoms with Crippen molar-refractivity contribution in [2.75, 3.05) is 12.9 Å². The van der Waals surface area contributed by atoms with Crippen molar-refractivity contribution in [1.82, 2.24) is 0 Å². The third-order valence-electron chi connectivity index (χ3n) is 1.58. The molecule has 0 bridgehead atoms. The van der Waals surface area contributed by atoms with E-state index < -0.39 is 10.1 Å². The van der Waals surface area contributed by atoms with Crippen LogP contribution >= 0.6 is 22.6 Å². The summed E-state index contributed by atoms with van der Waals surface area (Å²) in [6, 6.07) is 7.89. The highest BCUT2D eigenvalue weighted by Crippen LogP contribution is 2.08. The van der Waals surface area contributed by atoms with Gasteiger partial charge in [-0.05, 0) is 46.7 Å². The number of benzene rings is 1. The number of hydrogen-bond donors (Lipinski definition) is 0. The van der Waals surface area contributed by atoms with Crippen LogP contribution in [0.5, 0.6) is 0 Å². The van der Waals surface area contributed by atoms with Gasteiger partial charge in [0.25, 0.3) is 10.1 Å². The average Bonchev–Trinajstić information content (AvgIpc) is 2.01. The molecule has 1 rings (SSSR count). The van der Waals surface area contributed by atoms with Crippen molar-refractivity contribution in [3.63, 3.8) is 0 Å². The standard InChI is InChI=1S/C9H11IO3S/c1-14(11,12)13-6-5-8-3-2-4-9(10)7-8/h2-4,7H,5-6H2,1H3. The largest absolute Gasteiger partial charge is 0.270 e. The lowest BCUT2D eigenvalue weighted by atomic mass is 10.2. The number of rotatable bonds is 4. The van der Waals surface area contributed by atoms with Crippen molar-refractivity contribution in [3.05, 3.63) is 33.4 Å².